The minimum atomic E-state index is -1.05. The van der Waals surface area contributed by atoms with Gasteiger partial charge in [-0.25, -0.2) is 9.78 Å². The van der Waals surface area contributed by atoms with Crippen molar-refractivity contribution >= 4 is 23.6 Å². The number of carboxylic acid groups (broad SMARTS) is 1. The van der Waals surface area contributed by atoms with E-state index in [2.05, 4.69) is 4.98 Å². The van der Waals surface area contributed by atoms with E-state index in [1.54, 1.807) is 6.07 Å². The second-order valence-electron chi connectivity index (χ2n) is 4.06. The summed E-state index contributed by atoms with van der Waals surface area (Å²) >= 11 is 1.35. The van der Waals surface area contributed by atoms with Gasteiger partial charge in [-0.1, -0.05) is 0 Å². The third-order valence-corrected chi connectivity index (χ3v) is 3.75. The van der Waals surface area contributed by atoms with Crippen LogP contribution in [0.5, 0.6) is 0 Å². The van der Waals surface area contributed by atoms with Crippen molar-refractivity contribution in [2.45, 2.75) is 17.7 Å². The standard InChI is InChI=1S/C12H14N2O3S/c15-11(14-5-1-2-6-14)8-18-9-3-4-13-10(7-9)12(16)17/h3-4,7H,1-2,5-6,8H2,(H,16,17). The van der Waals surface area contributed by atoms with E-state index >= 15 is 0 Å². The second kappa shape index (κ2) is 5.86. The molecule has 1 amide bonds. The number of aromatic nitrogens is 1. The summed E-state index contributed by atoms with van der Waals surface area (Å²) in [5.41, 5.74) is 0.00798. The Kier molecular flexibility index (Phi) is 4.19. The maximum absolute atomic E-state index is 11.8. The molecule has 0 aromatic carbocycles. The second-order valence-corrected chi connectivity index (χ2v) is 5.11. The molecule has 0 saturated carbocycles. The van der Waals surface area contributed by atoms with Crippen molar-refractivity contribution in [2.75, 3.05) is 18.8 Å². The van der Waals surface area contributed by atoms with Gasteiger partial charge in [-0.2, -0.15) is 0 Å². The molecular formula is C12H14N2O3S. The summed E-state index contributed by atoms with van der Waals surface area (Å²) in [6.45, 7) is 1.69. The summed E-state index contributed by atoms with van der Waals surface area (Å²) < 4.78 is 0. The van der Waals surface area contributed by atoms with Crippen molar-refractivity contribution in [1.82, 2.24) is 9.88 Å². The summed E-state index contributed by atoms with van der Waals surface area (Å²) in [6.07, 6.45) is 3.61. The number of carbonyl (C=O) groups excluding carboxylic acids is 1. The zero-order valence-corrected chi connectivity index (χ0v) is 10.7. The quantitative estimate of drug-likeness (QED) is 0.836. The molecule has 1 aliphatic heterocycles. The maximum atomic E-state index is 11.8. The molecule has 0 spiro atoms. The van der Waals surface area contributed by atoms with Crippen LogP contribution < -0.4 is 0 Å². The Bertz CT molecular complexity index is 458. The molecule has 18 heavy (non-hydrogen) atoms. The van der Waals surface area contributed by atoms with Gasteiger partial charge in [0.25, 0.3) is 0 Å². The molecule has 0 atom stereocenters. The molecule has 0 bridgehead atoms. The molecule has 1 aromatic heterocycles. The van der Waals surface area contributed by atoms with Gasteiger partial charge >= 0.3 is 5.97 Å². The van der Waals surface area contributed by atoms with Gasteiger partial charge in [-0.3, -0.25) is 4.79 Å². The number of amides is 1. The lowest BCUT2D eigenvalue weighted by atomic mass is 10.3. The maximum Gasteiger partial charge on any atom is 0.354 e. The minimum Gasteiger partial charge on any atom is -0.477 e. The van der Waals surface area contributed by atoms with Crippen molar-refractivity contribution in [3.05, 3.63) is 24.0 Å². The van der Waals surface area contributed by atoms with Crippen LogP contribution in [0.3, 0.4) is 0 Å². The number of hydrogen-bond donors (Lipinski definition) is 1. The highest BCUT2D eigenvalue weighted by molar-refractivity contribution is 8.00. The van der Waals surface area contributed by atoms with Crippen molar-refractivity contribution in [3.63, 3.8) is 0 Å². The smallest absolute Gasteiger partial charge is 0.354 e. The summed E-state index contributed by atoms with van der Waals surface area (Å²) in [6, 6.07) is 3.21. The lowest BCUT2D eigenvalue weighted by Gasteiger charge is -2.14. The van der Waals surface area contributed by atoms with Gasteiger partial charge < -0.3 is 10.0 Å². The lowest BCUT2D eigenvalue weighted by molar-refractivity contribution is -0.127. The van der Waals surface area contributed by atoms with E-state index in [0.717, 1.165) is 30.8 Å². The summed E-state index contributed by atoms with van der Waals surface area (Å²) in [5.74, 6) is -0.585. The number of thioether (sulfide) groups is 1. The van der Waals surface area contributed by atoms with E-state index in [0.29, 0.717) is 5.75 Å². The number of carboxylic acids is 1. The monoisotopic (exact) mass is 266 g/mol. The molecule has 1 saturated heterocycles. The zero-order valence-electron chi connectivity index (χ0n) is 9.83. The number of nitrogens with zero attached hydrogens (tertiary/aromatic N) is 2. The molecule has 2 heterocycles. The van der Waals surface area contributed by atoms with E-state index in [1.165, 1.54) is 24.0 Å². The van der Waals surface area contributed by atoms with Crippen molar-refractivity contribution in [3.8, 4) is 0 Å². The molecule has 1 N–H and O–H groups in total. The summed E-state index contributed by atoms with van der Waals surface area (Å²) in [7, 11) is 0. The van der Waals surface area contributed by atoms with Crippen LogP contribution in [0.1, 0.15) is 23.3 Å². The predicted molar refractivity (Wildman–Crippen MR) is 67.7 cm³/mol. The third kappa shape index (κ3) is 3.22. The Balaban J connectivity index is 1.91. The number of rotatable bonds is 4. The van der Waals surface area contributed by atoms with Gasteiger partial charge in [-0.15, -0.1) is 11.8 Å². The van der Waals surface area contributed by atoms with Crippen LogP contribution in [0.4, 0.5) is 0 Å². The van der Waals surface area contributed by atoms with E-state index < -0.39 is 5.97 Å². The van der Waals surface area contributed by atoms with E-state index in [9.17, 15) is 9.59 Å². The van der Waals surface area contributed by atoms with Gasteiger partial charge in [-0.05, 0) is 25.0 Å². The van der Waals surface area contributed by atoms with Gasteiger partial charge in [0.2, 0.25) is 5.91 Å². The van der Waals surface area contributed by atoms with Gasteiger partial charge in [0, 0.05) is 24.2 Å². The Morgan fingerprint density at radius 2 is 2.11 bits per heavy atom. The van der Waals surface area contributed by atoms with Crippen LogP contribution in [0.2, 0.25) is 0 Å². The SMILES string of the molecule is O=C(O)c1cc(SCC(=O)N2CCCC2)ccn1. The largest absolute Gasteiger partial charge is 0.477 e. The Labute approximate surface area is 109 Å². The Morgan fingerprint density at radius 3 is 2.78 bits per heavy atom. The fourth-order valence-corrected chi connectivity index (χ4v) is 2.65. The van der Waals surface area contributed by atoms with E-state index in [4.69, 9.17) is 5.11 Å². The average molecular weight is 266 g/mol. The first kappa shape index (κ1) is 12.9. The number of pyridine rings is 1. The van der Waals surface area contributed by atoms with Crippen LogP contribution in [-0.2, 0) is 4.79 Å². The molecule has 6 heteroatoms. The third-order valence-electron chi connectivity index (χ3n) is 2.77. The summed E-state index contributed by atoms with van der Waals surface area (Å²) in [4.78, 5) is 28.9. The first-order chi connectivity index (χ1) is 8.66. The van der Waals surface area contributed by atoms with Crippen molar-refractivity contribution in [1.29, 1.82) is 0 Å². The molecule has 1 fully saturated rings. The van der Waals surface area contributed by atoms with E-state index in [-0.39, 0.29) is 11.6 Å². The average Bonchev–Trinajstić information content (AvgIpc) is 2.90. The highest BCUT2D eigenvalue weighted by atomic mass is 32.2. The topological polar surface area (TPSA) is 70.5 Å². The fraction of sp³-hybridized carbons (Fsp3) is 0.417. The van der Waals surface area contributed by atoms with Gasteiger partial charge in [0.05, 0.1) is 5.75 Å². The molecule has 2 rings (SSSR count). The molecule has 1 aromatic rings. The number of hydrogen-bond acceptors (Lipinski definition) is 4. The van der Waals surface area contributed by atoms with Crippen molar-refractivity contribution in [2.24, 2.45) is 0 Å². The molecular weight excluding hydrogens is 252 g/mol. The number of carbonyl (C=O) groups is 2. The number of likely N-dealkylation sites (tertiary alicyclic amines) is 1. The minimum absolute atomic E-state index is 0.00798. The van der Waals surface area contributed by atoms with Gasteiger partial charge in [0.1, 0.15) is 5.69 Å². The molecule has 0 radical (unpaired) electrons. The van der Waals surface area contributed by atoms with Crippen molar-refractivity contribution < 1.29 is 14.7 Å². The highest BCUT2D eigenvalue weighted by Crippen LogP contribution is 2.19. The first-order valence-electron chi connectivity index (χ1n) is 5.77. The lowest BCUT2D eigenvalue weighted by Crippen LogP contribution is -2.29. The highest BCUT2D eigenvalue weighted by Gasteiger charge is 2.17. The number of aromatic carboxylic acids is 1. The van der Waals surface area contributed by atoms with E-state index in [1.807, 2.05) is 4.90 Å². The molecule has 0 unspecified atom stereocenters. The van der Waals surface area contributed by atoms with Gasteiger partial charge in [0.15, 0.2) is 0 Å². The Hall–Kier alpha value is -1.56. The van der Waals surface area contributed by atoms with Crippen LogP contribution in [-0.4, -0.2) is 45.7 Å². The summed E-state index contributed by atoms with van der Waals surface area (Å²) in [5, 5.41) is 8.81. The molecule has 1 aliphatic rings. The van der Waals surface area contributed by atoms with Crippen LogP contribution in [0.15, 0.2) is 23.2 Å². The Morgan fingerprint density at radius 1 is 1.39 bits per heavy atom. The van der Waals surface area contributed by atoms with Crippen LogP contribution in [0, 0.1) is 0 Å². The normalized spacial score (nSPS) is 14.8. The molecule has 5 nitrogen and oxygen atoms in total. The van der Waals surface area contributed by atoms with Crippen LogP contribution >= 0.6 is 11.8 Å². The first-order valence-corrected chi connectivity index (χ1v) is 6.75. The predicted octanol–water partition coefficient (Wildman–Crippen LogP) is 1.49. The van der Waals surface area contributed by atoms with Crippen LogP contribution in [0.25, 0.3) is 0 Å². The zero-order chi connectivity index (χ0) is 13.0. The molecule has 0 aliphatic carbocycles. The fourth-order valence-electron chi connectivity index (χ4n) is 1.82. The molecule has 96 valence electrons.